The second-order valence-corrected chi connectivity index (χ2v) is 6.97. The molecule has 1 aromatic rings. The van der Waals surface area contributed by atoms with Crippen LogP contribution in [-0.2, 0) is 9.47 Å². The van der Waals surface area contributed by atoms with Gasteiger partial charge < -0.3 is 14.4 Å². The summed E-state index contributed by atoms with van der Waals surface area (Å²) >= 11 is 1.53. The quantitative estimate of drug-likeness (QED) is 0.772. The molecule has 0 N–H and O–H groups in total. The van der Waals surface area contributed by atoms with Crippen LogP contribution in [0.2, 0.25) is 0 Å². The summed E-state index contributed by atoms with van der Waals surface area (Å²) in [4.78, 5) is 17.9. The molecule has 0 aliphatic carbocycles. The first-order valence-corrected chi connectivity index (χ1v) is 8.76. The van der Waals surface area contributed by atoms with E-state index in [2.05, 4.69) is 4.90 Å². The van der Waals surface area contributed by atoms with Crippen molar-refractivity contribution in [3.05, 3.63) is 21.9 Å². The molecular formula is C16H24N2O3S. The number of morpholine rings is 1. The molecule has 3 rings (SSSR count). The van der Waals surface area contributed by atoms with Crippen molar-refractivity contribution in [3.63, 3.8) is 0 Å². The number of carbonyl (C=O) groups is 1. The van der Waals surface area contributed by atoms with Crippen LogP contribution in [0.5, 0.6) is 0 Å². The molecule has 0 aromatic carbocycles. The fraction of sp³-hybridized carbons (Fsp3) is 0.688. The van der Waals surface area contributed by atoms with Crippen LogP contribution in [0.1, 0.15) is 21.7 Å². The number of methoxy groups -OCH3 is 1. The fourth-order valence-corrected chi connectivity index (χ4v) is 4.18. The smallest absolute Gasteiger partial charge is 0.264 e. The van der Waals surface area contributed by atoms with Crippen LogP contribution in [0.15, 0.2) is 11.4 Å². The summed E-state index contributed by atoms with van der Waals surface area (Å²) in [5, 5.41) is 2.03. The summed E-state index contributed by atoms with van der Waals surface area (Å²) in [6, 6.07) is 2.31. The van der Waals surface area contributed by atoms with Crippen LogP contribution in [0.4, 0.5) is 0 Å². The third kappa shape index (κ3) is 3.35. The Bertz CT molecular complexity index is 519. The first-order valence-electron chi connectivity index (χ1n) is 7.88. The summed E-state index contributed by atoms with van der Waals surface area (Å²) in [5.74, 6) is 0.146. The van der Waals surface area contributed by atoms with Gasteiger partial charge in [0.15, 0.2) is 0 Å². The van der Waals surface area contributed by atoms with Crippen LogP contribution in [0, 0.1) is 6.92 Å². The van der Waals surface area contributed by atoms with E-state index in [4.69, 9.17) is 9.47 Å². The molecule has 3 heterocycles. The maximum Gasteiger partial charge on any atom is 0.264 e. The van der Waals surface area contributed by atoms with Gasteiger partial charge in [-0.2, -0.15) is 0 Å². The minimum absolute atomic E-state index is 0.146. The van der Waals surface area contributed by atoms with Gasteiger partial charge in [-0.15, -0.1) is 11.3 Å². The van der Waals surface area contributed by atoms with Gasteiger partial charge in [0, 0.05) is 39.9 Å². The topological polar surface area (TPSA) is 42.0 Å². The highest BCUT2D eigenvalue weighted by Crippen LogP contribution is 2.26. The van der Waals surface area contributed by atoms with Crippen LogP contribution in [0.3, 0.4) is 0 Å². The number of carbonyl (C=O) groups excluding carboxylic acids is 1. The molecule has 0 unspecified atom stereocenters. The number of fused-ring (bicyclic) bond motifs is 1. The van der Waals surface area contributed by atoms with E-state index in [0.717, 1.165) is 49.7 Å². The molecule has 22 heavy (non-hydrogen) atoms. The van der Waals surface area contributed by atoms with Crippen molar-refractivity contribution in [2.75, 3.05) is 46.5 Å². The number of nitrogens with zero attached hydrogens (tertiary/aromatic N) is 2. The minimum Gasteiger partial charge on any atom is -0.385 e. The zero-order chi connectivity index (χ0) is 15.5. The average molecular weight is 324 g/mol. The number of likely N-dealkylation sites (tertiary alicyclic amines) is 1. The first-order chi connectivity index (χ1) is 10.7. The molecule has 2 aliphatic heterocycles. The Hall–Kier alpha value is -0.950. The van der Waals surface area contributed by atoms with Gasteiger partial charge in [0.25, 0.3) is 5.91 Å². The van der Waals surface area contributed by atoms with Gasteiger partial charge in [0.1, 0.15) is 0 Å². The summed E-state index contributed by atoms with van der Waals surface area (Å²) in [6.07, 6.45) is 1.18. The van der Waals surface area contributed by atoms with Crippen LogP contribution in [-0.4, -0.2) is 74.4 Å². The predicted octanol–water partition coefficient (Wildman–Crippen LogP) is 1.62. The third-order valence-electron chi connectivity index (χ3n) is 4.44. The number of rotatable bonds is 5. The molecular weight excluding hydrogens is 300 g/mol. The van der Waals surface area contributed by atoms with Crippen molar-refractivity contribution in [1.29, 1.82) is 0 Å². The van der Waals surface area contributed by atoms with Crippen LogP contribution in [0.25, 0.3) is 0 Å². The normalized spacial score (nSPS) is 25.5. The lowest BCUT2D eigenvalue weighted by molar-refractivity contribution is -0.0487. The van der Waals surface area contributed by atoms with E-state index in [1.54, 1.807) is 7.11 Å². The molecule has 2 fully saturated rings. The van der Waals surface area contributed by atoms with Crippen molar-refractivity contribution in [2.45, 2.75) is 25.5 Å². The van der Waals surface area contributed by atoms with Crippen LogP contribution < -0.4 is 0 Å². The molecule has 0 saturated carbocycles. The van der Waals surface area contributed by atoms with Crippen LogP contribution >= 0.6 is 11.3 Å². The largest absolute Gasteiger partial charge is 0.385 e. The van der Waals surface area contributed by atoms with E-state index >= 15 is 0 Å². The fourth-order valence-electron chi connectivity index (χ4n) is 3.31. The number of amides is 1. The molecule has 5 nitrogen and oxygen atoms in total. The van der Waals surface area contributed by atoms with Crippen molar-refractivity contribution >= 4 is 17.2 Å². The Morgan fingerprint density at radius 1 is 1.50 bits per heavy atom. The number of thiophene rings is 1. The summed E-state index contributed by atoms with van der Waals surface area (Å²) < 4.78 is 11.0. The lowest BCUT2D eigenvalue weighted by Crippen LogP contribution is -2.51. The highest BCUT2D eigenvalue weighted by atomic mass is 32.1. The minimum atomic E-state index is 0.146. The van der Waals surface area contributed by atoms with E-state index in [9.17, 15) is 4.79 Å². The highest BCUT2D eigenvalue weighted by molar-refractivity contribution is 7.12. The molecule has 0 radical (unpaired) electrons. The second kappa shape index (κ2) is 7.08. The zero-order valence-electron chi connectivity index (χ0n) is 13.3. The summed E-state index contributed by atoms with van der Waals surface area (Å²) in [5.41, 5.74) is 1.16. The third-order valence-corrected chi connectivity index (χ3v) is 5.47. The lowest BCUT2D eigenvalue weighted by atomic mass is 10.1. The molecule has 0 spiro atoms. The molecule has 122 valence electrons. The maximum absolute atomic E-state index is 12.6. The lowest BCUT2D eigenvalue weighted by Gasteiger charge is -2.36. The second-order valence-electron chi connectivity index (χ2n) is 6.06. The molecule has 1 aromatic heterocycles. The standard InChI is InChI=1S/C16H24N2O3S/c1-12-8-15(22-11-12)16(19)18-9-13-14(10-18)21-7-5-17(13)4-3-6-20-2/h8,11,13-14H,3-7,9-10H2,1-2H3/t13-,14-/m0/s1. The Morgan fingerprint density at radius 3 is 3.09 bits per heavy atom. The zero-order valence-corrected chi connectivity index (χ0v) is 14.1. The Kier molecular flexibility index (Phi) is 5.13. The van der Waals surface area contributed by atoms with Gasteiger partial charge in [-0.25, -0.2) is 0 Å². The molecule has 2 aliphatic rings. The number of ether oxygens (including phenoxy) is 2. The van der Waals surface area contributed by atoms with Gasteiger partial charge >= 0.3 is 0 Å². The summed E-state index contributed by atoms with van der Waals surface area (Å²) in [7, 11) is 1.74. The Balaban J connectivity index is 1.62. The van der Waals surface area contributed by atoms with Gasteiger partial charge in [0.2, 0.25) is 0 Å². The number of aryl methyl sites for hydroxylation is 1. The van der Waals surface area contributed by atoms with E-state index in [-0.39, 0.29) is 12.0 Å². The molecule has 1 amide bonds. The Labute approximate surface area is 135 Å². The summed E-state index contributed by atoms with van der Waals surface area (Å²) in [6.45, 7) is 7.01. The number of hydrogen-bond acceptors (Lipinski definition) is 5. The maximum atomic E-state index is 12.6. The van der Waals surface area contributed by atoms with Gasteiger partial charge in [-0.1, -0.05) is 0 Å². The molecule has 2 saturated heterocycles. The number of hydrogen-bond donors (Lipinski definition) is 0. The molecule has 6 heteroatoms. The van der Waals surface area contributed by atoms with Crippen molar-refractivity contribution in [1.82, 2.24) is 9.80 Å². The highest BCUT2D eigenvalue weighted by Gasteiger charge is 2.41. The predicted molar refractivity (Wildman–Crippen MR) is 86.6 cm³/mol. The van der Waals surface area contributed by atoms with Crippen molar-refractivity contribution < 1.29 is 14.3 Å². The molecule has 2 atom stereocenters. The van der Waals surface area contributed by atoms with E-state index in [1.165, 1.54) is 11.3 Å². The van der Waals surface area contributed by atoms with Crippen molar-refractivity contribution in [3.8, 4) is 0 Å². The van der Waals surface area contributed by atoms with E-state index in [0.29, 0.717) is 12.6 Å². The van der Waals surface area contributed by atoms with Gasteiger partial charge in [-0.05, 0) is 30.4 Å². The van der Waals surface area contributed by atoms with E-state index in [1.807, 2.05) is 23.3 Å². The van der Waals surface area contributed by atoms with Gasteiger partial charge in [0.05, 0.1) is 23.6 Å². The van der Waals surface area contributed by atoms with Crippen molar-refractivity contribution in [2.24, 2.45) is 0 Å². The molecule has 0 bridgehead atoms. The van der Waals surface area contributed by atoms with Gasteiger partial charge in [-0.3, -0.25) is 9.69 Å². The first kappa shape index (κ1) is 15.9. The Morgan fingerprint density at radius 2 is 2.36 bits per heavy atom. The van der Waals surface area contributed by atoms with E-state index < -0.39 is 0 Å². The average Bonchev–Trinajstić information content (AvgIpc) is 3.13. The monoisotopic (exact) mass is 324 g/mol. The SMILES string of the molecule is COCCCN1CCO[C@H]2CN(C(=O)c3cc(C)cs3)C[C@@H]21.